The molecule has 0 aliphatic heterocycles. The Morgan fingerprint density at radius 2 is 1.94 bits per heavy atom. The van der Waals surface area contributed by atoms with Crippen molar-refractivity contribution in [1.82, 2.24) is 9.97 Å². The van der Waals surface area contributed by atoms with Crippen LogP contribution in [0.3, 0.4) is 0 Å². The van der Waals surface area contributed by atoms with E-state index in [2.05, 4.69) is 16.0 Å². The Kier molecular flexibility index (Phi) is 5.86. The number of fused-ring (bicyclic) bond motifs is 1. The lowest BCUT2D eigenvalue weighted by Crippen LogP contribution is -1.99. The minimum atomic E-state index is -0.971. The smallest absolute Gasteiger partial charge is 0.335 e. The Morgan fingerprint density at radius 3 is 2.66 bits per heavy atom. The number of nitrogens with zero attached hydrogens (tertiary/aromatic N) is 2. The zero-order chi connectivity index (χ0) is 22.5. The number of aromatic carboxylic acids is 1. The molecule has 7 nitrogen and oxygen atoms in total. The molecular weight excluding hydrogens is 406 g/mol. The minimum absolute atomic E-state index is 0.221. The van der Waals surface area contributed by atoms with Crippen LogP contribution in [-0.2, 0) is 6.61 Å². The lowest BCUT2D eigenvalue weighted by molar-refractivity contribution is 0.0697. The Bertz CT molecular complexity index is 1350. The van der Waals surface area contributed by atoms with Gasteiger partial charge in [-0.1, -0.05) is 30.3 Å². The summed E-state index contributed by atoms with van der Waals surface area (Å²) in [6.07, 6.45) is 1.72. The van der Waals surface area contributed by atoms with Crippen molar-refractivity contribution in [3.8, 4) is 17.6 Å². The molecule has 0 spiro atoms. The number of para-hydroxylation sites is 1. The van der Waals surface area contributed by atoms with Crippen molar-refractivity contribution in [3.05, 3.63) is 89.2 Å². The van der Waals surface area contributed by atoms with E-state index in [9.17, 15) is 10.1 Å². The number of allylic oxidation sites excluding steroid dienone is 1. The van der Waals surface area contributed by atoms with Crippen LogP contribution in [0.5, 0.6) is 11.5 Å². The number of ether oxygens (including phenoxy) is 2. The average molecular weight is 425 g/mol. The van der Waals surface area contributed by atoms with Crippen molar-refractivity contribution in [2.45, 2.75) is 6.61 Å². The number of aromatic amines is 1. The SMILES string of the molecule is COc1ccc2nc(/C(C#N)=C\c3ccccc3OCc3ccc(C(=O)O)cc3)[nH]c2c1. The maximum absolute atomic E-state index is 11.0. The normalized spacial score (nSPS) is 11.2. The van der Waals surface area contributed by atoms with Gasteiger partial charge in [-0.05, 0) is 42.0 Å². The quantitative estimate of drug-likeness (QED) is 0.407. The molecule has 0 saturated heterocycles. The third kappa shape index (κ3) is 4.45. The van der Waals surface area contributed by atoms with Crippen LogP contribution in [0, 0.1) is 11.3 Å². The van der Waals surface area contributed by atoms with Crippen LogP contribution in [-0.4, -0.2) is 28.2 Å². The second kappa shape index (κ2) is 9.06. The fraction of sp³-hybridized carbons (Fsp3) is 0.0800. The van der Waals surface area contributed by atoms with Crippen molar-refractivity contribution in [3.63, 3.8) is 0 Å². The van der Waals surface area contributed by atoms with E-state index in [1.54, 1.807) is 25.3 Å². The van der Waals surface area contributed by atoms with Gasteiger partial charge in [0.15, 0.2) is 0 Å². The molecule has 0 amide bonds. The Hall–Kier alpha value is -4.57. The van der Waals surface area contributed by atoms with E-state index < -0.39 is 5.97 Å². The highest BCUT2D eigenvalue weighted by Gasteiger charge is 2.11. The van der Waals surface area contributed by atoms with Crippen LogP contribution in [0.4, 0.5) is 0 Å². The summed E-state index contributed by atoms with van der Waals surface area (Å²) in [5.41, 5.74) is 3.65. The zero-order valence-corrected chi connectivity index (χ0v) is 17.2. The van der Waals surface area contributed by atoms with Crippen LogP contribution in [0.2, 0.25) is 0 Å². The largest absolute Gasteiger partial charge is 0.497 e. The first-order chi connectivity index (χ1) is 15.6. The third-order valence-electron chi connectivity index (χ3n) is 4.88. The average Bonchev–Trinajstić information content (AvgIpc) is 3.25. The number of imidazole rings is 1. The second-order valence-electron chi connectivity index (χ2n) is 6.97. The first-order valence-corrected chi connectivity index (χ1v) is 9.77. The van der Waals surface area contributed by atoms with E-state index in [1.165, 1.54) is 12.1 Å². The highest BCUT2D eigenvalue weighted by molar-refractivity contribution is 5.91. The number of carboxylic acid groups (broad SMARTS) is 1. The molecule has 0 bridgehead atoms. The molecule has 158 valence electrons. The molecule has 4 rings (SSSR count). The molecule has 32 heavy (non-hydrogen) atoms. The summed E-state index contributed by atoms with van der Waals surface area (Å²) < 4.78 is 11.2. The molecular formula is C25H19N3O4. The van der Waals surface area contributed by atoms with Crippen LogP contribution in [0.15, 0.2) is 66.7 Å². The summed E-state index contributed by atoms with van der Waals surface area (Å²) in [4.78, 5) is 18.7. The predicted octanol–water partition coefficient (Wildman–Crippen LogP) is 4.91. The Morgan fingerprint density at radius 1 is 1.16 bits per heavy atom. The van der Waals surface area contributed by atoms with Gasteiger partial charge >= 0.3 is 5.97 Å². The number of carboxylic acids is 1. The first-order valence-electron chi connectivity index (χ1n) is 9.77. The lowest BCUT2D eigenvalue weighted by atomic mass is 10.1. The van der Waals surface area contributed by atoms with Gasteiger partial charge in [0.2, 0.25) is 0 Å². The lowest BCUT2D eigenvalue weighted by Gasteiger charge is -2.10. The van der Waals surface area contributed by atoms with Crippen molar-refractivity contribution < 1.29 is 19.4 Å². The van der Waals surface area contributed by atoms with Gasteiger partial charge in [-0.2, -0.15) is 5.26 Å². The molecule has 0 atom stereocenters. The molecule has 1 heterocycles. The highest BCUT2D eigenvalue weighted by Crippen LogP contribution is 2.26. The summed E-state index contributed by atoms with van der Waals surface area (Å²) >= 11 is 0. The molecule has 0 saturated carbocycles. The number of hydrogen-bond donors (Lipinski definition) is 2. The number of nitriles is 1. The van der Waals surface area contributed by atoms with Crippen LogP contribution in [0.1, 0.15) is 27.3 Å². The second-order valence-corrected chi connectivity index (χ2v) is 6.97. The summed E-state index contributed by atoms with van der Waals surface area (Å²) in [6.45, 7) is 0.261. The maximum Gasteiger partial charge on any atom is 0.335 e. The van der Waals surface area contributed by atoms with E-state index in [-0.39, 0.29) is 12.2 Å². The van der Waals surface area contributed by atoms with Gasteiger partial charge in [-0.25, -0.2) is 9.78 Å². The van der Waals surface area contributed by atoms with Gasteiger partial charge in [0.1, 0.15) is 30.0 Å². The fourth-order valence-electron chi connectivity index (χ4n) is 3.19. The van der Waals surface area contributed by atoms with E-state index in [4.69, 9.17) is 14.6 Å². The molecule has 0 aliphatic carbocycles. The maximum atomic E-state index is 11.0. The van der Waals surface area contributed by atoms with E-state index >= 15 is 0 Å². The molecule has 1 aromatic heterocycles. The van der Waals surface area contributed by atoms with E-state index in [0.717, 1.165) is 22.2 Å². The van der Waals surface area contributed by atoms with Gasteiger partial charge in [0.25, 0.3) is 0 Å². The molecule has 0 radical (unpaired) electrons. The van der Waals surface area contributed by atoms with Crippen molar-refractivity contribution in [2.75, 3.05) is 7.11 Å². The number of methoxy groups -OCH3 is 1. The number of nitrogens with one attached hydrogen (secondary N) is 1. The summed E-state index contributed by atoms with van der Waals surface area (Å²) in [5.74, 6) is 0.779. The minimum Gasteiger partial charge on any atom is -0.497 e. The summed E-state index contributed by atoms with van der Waals surface area (Å²) in [7, 11) is 1.59. The van der Waals surface area contributed by atoms with Gasteiger partial charge in [0, 0.05) is 11.6 Å². The van der Waals surface area contributed by atoms with E-state index in [0.29, 0.717) is 22.9 Å². The molecule has 2 N–H and O–H groups in total. The van der Waals surface area contributed by atoms with Crippen molar-refractivity contribution in [1.29, 1.82) is 5.26 Å². The molecule has 7 heteroatoms. The number of benzene rings is 3. The monoisotopic (exact) mass is 425 g/mol. The van der Waals surface area contributed by atoms with Gasteiger partial charge in [-0.3, -0.25) is 0 Å². The number of rotatable bonds is 7. The zero-order valence-electron chi connectivity index (χ0n) is 17.2. The van der Waals surface area contributed by atoms with Gasteiger partial charge < -0.3 is 19.6 Å². The molecule has 4 aromatic rings. The number of carbonyl (C=O) groups is 1. The van der Waals surface area contributed by atoms with Crippen LogP contribution in [0.25, 0.3) is 22.7 Å². The number of H-pyrrole nitrogens is 1. The first kappa shape index (κ1) is 20.7. The fourth-order valence-corrected chi connectivity index (χ4v) is 3.19. The Balaban J connectivity index is 1.59. The topological polar surface area (TPSA) is 108 Å². The Labute approximate surface area is 184 Å². The highest BCUT2D eigenvalue weighted by atomic mass is 16.5. The third-order valence-corrected chi connectivity index (χ3v) is 4.88. The van der Waals surface area contributed by atoms with Crippen LogP contribution < -0.4 is 9.47 Å². The molecule has 3 aromatic carbocycles. The summed E-state index contributed by atoms with van der Waals surface area (Å²) in [6, 6.07) is 21.5. The summed E-state index contributed by atoms with van der Waals surface area (Å²) in [5, 5.41) is 18.8. The van der Waals surface area contributed by atoms with Crippen molar-refractivity contribution in [2.24, 2.45) is 0 Å². The molecule has 0 fully saturated rings. The predicted molar refractivity (Wildman–Crippen MR) is 120 cm³/mol. The van der Waals surface area contributed by atoms with E-state index in [1.807, 2.05) is 42.5 Å². The van der Waals surface area contributed by atoms with Gasteiger partial charge in [-0.15, -0.1) is 0 Å². The number of hydrogen-bond acceptors (Lipinski definition) is 5. The molecule has 0 aliphatic rings. The number of aromatic nitrogens is 2. The van der Waals surface area contributed by atoms with Crippen molar-refractivity contribution >= 4 is 28.7 Å². The standard InChI is InChI=1S/C25H19N3O4/c1-31-20-10-11-21-22(13-20)28-24(27-21)19(14-26)12-18-4-2-3-5-23(18)32-15-16-6-8-17(9-7-16)25(29)30/h2-13H,15H2,1H3,(H,27,28)(H,29,30)/b19-12-. The van der Waals surface area contributed by atoms with Gasteiger partial charge in [0.05, 0.1) is 29.3 Å². The molecule has 0 unspecified atom stereocenters. The van der Waals surface area contributed by atoms with Crippen LogP contribution >= 0.6 is 0 Å².